The number of nitrogens with one attached hydrogen (secondary N) is 1. The average Bonchev–Trinajstić information content (AvgIpc) is 2.85. The normalized spacial score (nSPS) is 13.2. The first-order valence-electron chi connectivity index (χ1n) is 6.85. The molecule has 1 aromatic heterocycles. The van der Waals surface area contributed by atoms with Gasteiger partial charge in [-0.25, -0.2) is 9.98 Å². The lowest BCUT2D eigenvalue weighted by molar-refractivity contribution is 0.582. The summed E-state index contributed by atoms with van der Waals surface area (Å²) in [5.74, 6) is 1.41. The van der Waals surface area contributed by atoms with Crippen molar-refractivity contribution in [2.75, 3.05) is 6.67 Å². The smallest absolute Gasteiger partial charge is 0.139 e. The van der Waals surface area contributed by atoms with Crippen LogP contribution in [0.2, 0.25) is 0 Å². The highest BCUT2D eigenvalue weighted by atomic mass is 15.0. The van der Waals surface area contributed by atoms with E-state index in [0.717, 1.165) is 11.0 Å². The predicted molar refractivity (Wildman–Crippen MR) is 89.6 cm³/mol. The van der Waals surface area contributed by atoms with Crippen LogP contribution in [-0.4, -0.2) is 28.7 Å². The van der Waals surface area contributed by atoms with Gasteiger partial charge in [0.2, 0.25) is 0 Å². The first-order chi connectivity index (χ1) is 9.91. The summed E-state index contributed by atoms with van der Waals surface area (Å²) in [4.78, 5) is 16.4. The number of aromatic nitrogens is 2. The fourth-order valence-corrected chi connectivity index (χ4v) is 1.86. The molecule has 0 aliphatic carbocycles. The van der Waals surface area contributed by atoms with Crippen molar-refractivity contribution in [2.45, 2.75) is 20.8 Å². The molecule has 0 saturated carbocycles. The lowest BCUT2D eigenvalue weighted by Crippen LogP contribution is -2.20. The zero-order chi connectivity index (χ0) is 15.5. The maximum Gasteiger partial charge on any atom is 0.139 e. The van der Waals surface area contributed by atoms with Crippen LogP contribution in [0.15, 0.2) is 40.8 Å². The first kappa shape index (κ1) is 15.1. The number of imidazole rings is 1. The summed E-state index contributed by atoms with van der Waals surface area (Å²) >= 11 is 0. The average molecular weight is 283 g/mol. The quantitative estimate of drug-likeness (QED) is 0.670. The molecule has 110 valence electrons. The van der Waals surface area contributed by atoms with Gasteiger partial charge in [0.15, 0.2) is 0 Å². The van der Waals surface area contributed by atoms with Crippen molar-refractivity contribution < 1.29 is 0 Å². The van der Waals surface area contributed by atoms with E-state index in [1.165, 1.54) is 0 Å². The molecule has 0 bridgehead atoms. The number of nitrogens with two attached hydrogens (primary N) is 1. The van der Waals surface area contributed by atoms with Crippen LogP contribution in [0.5, 0.6) is 0 Å². The molecule has 3 N–H and O–H groups in total. The van der Waals surface area contributed by atoms with Crippen LogP contribution in [0.3, 0.4) is 0 Å². The van der Waals surface area contributed by atoms with E-state index in [4.69, 9.17) is 5.73 Å². The van der Waals surface area contributed by atoms with Crippen LogP contribution in [-0.2, 0) is 0 Å². The predicted octanol–water partition coefficient (Wildman–Crippen LogP) is 3.01. The molecule has 0 atom stereocenters. The zero-order valence-electron chi connectivity index (χ0n) is 12.7. The molecule has 2 aromatic rings. The number of rotatable bonds is 3. The van der Waals surface area contributed by atoms with Crippen molar-refractivity contribution in [2.24, 2.45) is 21.1 Å². The van der Waals surface area contributed by atoms with Crippen molar-refractivity contribution in [1.29, 1.82) is 0 Å². The van der Waals surface area contributed by atoms with Crippen molar-refractivity contribution in [3.63, 3.8) is 0 Å². The van der Waals surface area contributed by atoms with E-state index in [-0.39, 0.29) is 12.1 Å². The lowest BCUT2D eigenvalue weighted by Gasteiger charge is -2.17. The van der Waals surface area contributed by atoms with Gasteiger partial charge in [-0.05, 0) is 12.1 Å². The Morgan fingerprint density at radius 3 is 2.71 bits per heavy atom. The standard InChI is InChI=1S/C16H21N5/c1-11(9-18-15(19-10-17)16(2,3)4)14-20-12-7-5-6-8-13(12)21-14/h5-9H,1,10,17H2,2-4H3,(H,20,21). The number of H-pyrrole nitrogens is 1. The summed E-state index contributed by atoms with van der Waals surface area (Å²) in [5.41, 5.74) is 7.93. The maximum absolute atomic E-state index is 5.49. The van der Waals surface area contributed by atoms with Crippen molar-refractivity contribution in [1.82, 2.24) is 9.97 Å². The molecular weight excluding hydrogens is 262 g/mol. The van der Waals surface area contributed by atoms with Crippen LogP contribution in [0.1, 0.15) is 26.6 Å². The van der Waals surface area contributed by atoms with E-state index in [2.05, 4.69) is 26.5 Å². The van der Waals surface area contributed by atoms with Crippen molar-refractivity contribution in [3.05, 3.63) is 36.7 Å². The first-order valence-corrected chi connectivity index (χ1v) is 6.85. The molecular formula is C16H21N5. The number of aliphatic imine (C=N–C) groups is 2. The summed E-state index contributed by atoms with van der Waals surface area (Å²) in [6.07, 6.45) is 1.68. The van der Waals surface area contributed by atoms with Gasteiger partial charge in [-0.3, -0.25) is 4.99 Å². The summed E-state index contributed by atoms with van der Waals surface area (Å²) in [7, 11) is 0. The van der Waals surface area contributed by atoms with E-state index < -0.39 is 0 Å². The van der Waals surface area contributed by atoms with E-state index in [0.29, 0.717) is 17.2 Å². The Hall–Kier alpha value is -2.27. The van der Waals surface area contributed by atoms with Gasteiger partial charge >= 0.3 is 0 Å². The summed E-state index contributed by atoms with van der Waals surface area (Å²) in [6, 6.07) is 7.85. The van der Waals surface area contributed by atoms with Gasteiger partial charge in [0, 0.05) is 17.2 Å². The van der Waals surface area contributed by atoms with Crippen LogP contribution in [0.25, 0.3) is 16.6 Å². The second-order valence-corrected chi connectivity index (χ2v) is 5.80. The molecule has 5 heteroatoms. The third-order valence-electron chi connectivity index (χ3n) is 2.95. The molecule has 5 nitrogen and oxygen atoms in total. The minimum atomic E-state index is -0.163. The van der Waals surface area contributed by atoms with E-state index in [1.807, 2.05) is 45.0 Å². The van der Waals surface area contributed by atoms with Crippen LogP contribution >= 0.6 is 0 Å². The maximum atomic E-state index is 5.49. The Morgan fingerprint density at radius 1 is 1.38 bits per heavy atom. The van der Waals surface area contributed by atoms with Gasteiger partial charge in [0.25, 0.3) is 0 Å². The lowest BCUT2D eigenvalue weighted by atomic mass is 9.95. The highest BCUT2D eigenvalue weighted by molar-refractivity contribution is 6.12. The van der Waals surface area contributed by atoms with Gasteiger partial charge in [-0.15, -0.1) is 0 Å². The molecule has 21 heavy (non-hydrogen) atoms. The third-order valence-corrected chi connectivity index (χ3v) is 2.95. The van der Waals surface area contributed by atoms with Crippen molar-refractivity contribution >= 4 is 28.7 Å². The fourth-order valence-electron chi connectivity index (χ4n) is 1.86. The van der Waals surface area contributed by atoms with Gasteiger partial charge < -0.3 is 10.7 Å². The van der Waals surface area contributed by atoms with Gasteiger partial charge in [-0.2, -0.15) is 0 Å². The molecule has 0 saturated heterocycles. The molecule has 0 fully saturated rings. The van der Waals surface area contributed by atoms with E-state index in [1.54, 1.807) is 6.21 Å². The second kappa shape index (κ2) is 6.01. The molecule has 0 aliphatic rings. The van der Waals surface area contributed by atoms with E-state index in [9.17, 15) is 0 Å². The third kappa shape index (κ3) is 3.64. The Kier molecular flexibility index (Phi) is 4.33. The number of para-hydroxylation sites is 2. The van der Waals surface area contributed by atoms with Crippen molar-refractivity contribution in [3.8, 4) is 0 Å². The molecule has 0 radical (unpaired) electrons. The Bertz CT molecular complexity index is 668. The second-order valence-electron chi connectivity index (χ2n) is 5.80. The largest absolute Gasteiger partial charge is 0.338 e. The number of amidine groups is 1. The number of aromatic amines is 1. The number of benzene rings is 1. The Morgan fingerprint density at radius 2 is 2.10 bits per heavy atom. The fraction of sp³-hybridized carbons (Fsp3) is 0.312. The van der Waals surface area contributed by atoms with Gasteiger partial charge in [0.1, 0.15) is 11.7 Å². The molecule has 1 aromatic carbocycles. The number of allylic oxidation sites excluding steroid dienone is 1. The number of nitrogens with zero attached hydrogens (tertiary/aromatic N) is 3. The number of hydrogen-bond acceptors (Lipinski definition) is 3. The summed E-state index contributed by atoms with van der Waals surface area (Å²) in [6.45, 7) is 10.4. The molecule has 0 aliphatic heterocycles. The Labute approximate surface area is 124 Å². The molecule has 2 rings (SSSR count). The van der Waals surface area contributed by atoms with Crippen LogP contribution in [0.4, 0.5) is 0 Å². The monoisotopic (exact) mass is 283 g/mol. The molecule has 0 amide bonds. The molecule has 0 unspecified atom stereocenters. The highest BCUT2D eigenvalue weighted by Crippen LogP contribution is 2.18. The number of fused-ring (bicyclic) bond motifs is 1. The molecule has 1 heterocycles. The minimum Gasteiger partial charge on any atom is -0.338 e. The van der Waals surface area contributed by atoms with Crippen LogP contribution in [0, 0.1) is 5.41 Å². The van der Waals surface area contributed by atoms with Gasteiger partial charge in [0.05, 0.1) is 17.7 Å². The zero-order valence-corrected chi connectivity index (χ0v) is 12.7. The summed E-state index contributed by atoms with van der Waals surface area (Å²) in [5, 5.41) is 0. The van der Waals surface area contributed by atoms with Gasteiger partial charge in [-0.1, -0.05) is 39.5 Å². The molecule has 0 spiro atoms. The van der Waals surface area contributed by atoms with E-state index >= 15 is 0 Å². The SMILES string of the molecule is C=C(C=NC(=NCN)C(C)(C)C)c1nc2ccccc2[nH]1. The topological polar surface area (TPSA) is 79.4 Å². The number of hydrogen-bond donors (Lipinski definition) is 2. The Balaban J connectivity index is 2.24. The highest BCUT2D eigenvalue weighted by Gasteiger charge is 2.17. The minimum absolute atomic E-state index is 0.163. The van der Waals surface area contributed by atoms with Crippen LogP contribution < -0.4 is 5.73 Å². The summed E-state index contributed by atoms with van der Waals surface area (Å²) < 4.78 is 0.